The average Bonchev–Trinajstić information content (AvgIpc) is 2.29. The molecule has 0 saturated carbocycles. The van der Waals surface area contributed by atoms with Crippen LogP contribution in [0.15, 0.2) is 35.6 Å². The molecule has 0 spiro atoms. The highest BCUT2D eigenvalue weighted by atomic mass is 127. The van der Waals surface area contributed by atoms with Crippen molar-refractivity contribution in [3.05, 3.63) is 44.7 Å². The van der Waals surface area contributed by atoms with E-state index in [-0.39, 0.29) is 5.57 Å². The van der Waals surface area contributed by atoms with Crippen LogP contribution in [0.3, 0.4) is 0 Å². The summed E-state index contributed by atoms with van der Waals surface area (Å²) in [4.78, 5) is 0. The molecule has 0 fully saturated rings. The van der Waals surface area contributed by atoms with Gasteiger partial charge in [-0.05, 0) is 40.3 Å². The lowest BCUT2D eigenvalue weighted by atomic mass is 10.1. The third-order valence-electron chi connectivity index (χ3n) is 2.00. The average molecular weight is 324 g/mol. The standard InChI is InChI=1S/C12H9IN2O/c1-16-12(10(7-14)8-15)6-9-3-2-4-11(13)5-9/h2-5H,6H2,1H3. The minimum absolute atomic E-state index is 0.0290. The maximum Gasteiger partial charge on any atom is 0.167 e. The number of nitriles is 2. The summed E-state index contributed by atoms with van der Waals surface area (Å²) in [6.07, 6.45) is 0.462. The number of allylic oxidation sites excluding steroid dienone is 2. The van der Waals surface area contributed by atoms with Crippen LogP contribution >= 0.6 is 22.6 Å². The third kappa shape index (κ3) is 3.25. The van der Waals surface area contributed by atoms with Crippen LogP contribution in [-0.4, -0.2) is 7.11 Å². The maximum absolute atomic E-state index is 8.75. The zero-order valence-corrected chi connectivity index (χ0v) is 10.9. The van der Waals surface area contributed by atoms with Gasteiger partial charge in [-0.2, -0.15) is 10.5 Å². The van der Waals surface area contributed by atoms with Crippen molar-refractivity contribution in [2.45, 2.75) is 6.42 Å². The first-order valence-electron chi connectivity index (χ1n) is 4.53. The molecule has 0 saturated heterocycles. The van der Waals surface area contributed by atoms with E-state index in [1.165, 1.54) is 7.11 Å². The Morgan fingerprint density at radius 3 is 2.56 bits per heavy atom. The number of hydrogen-bond donors (Lipinski definition) is 0. The van der Waals surface area contributed by atoms with Gasteiger partial charge in [-0.25, -0.2) is 0 Å². The van der Waals surface area contributed by atoms with Crippen LogP contribution in [0.25, 0.3) is 0 Å². The quantitative estimate of drug-likeness (QED) is 0.488. The highest BCUT2D eigenvalue weighted by Gasteiger charge is 2.07. The van der Waals surface area contributed by atoms with Gasteiger partial charge in [-0.15, -0.1) is 0 Å². The molecule has 0 heterocycles. The first kappa shape index (κ1) is 12.5. The van der Waals surface area contributed by atoms with Crippen LogP contribution in [0.1, 0.15) is 5.56 Å². The summed E-state index contributed by atoms with van der Waals surface area (Å²) in [6.45, 7) is 0. The molecule has 0 radical (unpaired) electrons. The highest BCUT2D eigenvalue weighted by Crippen LogP contribution is 2.15. The Morgan fingerprint density at radius 1 is 1.38 bits per heavy atom. The molecular formula is C12H9IN2O. The fourth-order valence-electron chi connectivity index (χ4n) is 1.24. The van der Waals surface area contributed by atoms with Gasteiger partial charge in [0, 0.05) is 9.99 Å². The predicted octanol–water partition coefficient (Wildman–Crippen LogP) is 2.78. The van der Waals surface area contributed by atoms with E-state index in [0.29, 0.717) is 12.2 Å². The number of benzene rings is 1. The van der Waals surface area contributed by atoms with Crippen molar-refractivity contribution in [3.63, 3.8) is 0 Å². The number of rotatable bonds is 3. The van der Waals surface area contributed by atoms with Gasteiger partial charge < -0.3 is 4.74 Å². The van der Waals surface area contributed by atoms with Gasteiger partial charge in [0.25, 0.3) is 0 Å². The smallest absolute Gasteiger partial charge is 0.167 e. The highest BCUT2D eigenvalue weighted by molar-refractivity contribution is 14.1. The maximum atomic E-state index is 8.75. The second-order valence-electron chi connectivity index (χ2n) is 3.03. The van der Waals surface area contributed by atoms with Gasteiger partial charge in [0.2, 0.25) is 0 Å². The van der Waals surface area contributed by atoms with Crippen LogP contribution in [0.5, 0.6) is 0 Å². The molecule has 16 heavy (non-hydrogen) atoms. The van der Waals surface area contributed by atoms with E-state index in [0.717, 1.165) is 9.13 Å². The van der Waals surface area contributed by atoms with Gasteiger partial charge in [-0.1, -0.05) is 12.1 Å². The molecule has 0 aliphatic carbocycles. The summed E-state index contributed by atoms with van der Waals surface area (Å²) in [5, 5.41) is 17.5. The van der Waals surface area contributed by atoms with E-state index in [1.807, 2.05) is 36.4 Å². The summed E-state index contributed by atoms with van der Waals surface area (Å²) >= 11 is 2.21. The Hall–Kier alpha value is -1.53. The van der Waals surface area contributed by atoms with Crippen LogP contribution in [0, 0.1) is 26.2 Å². The van der Waals surface area contributed by atoms with E-state index < -0.39 is 0 Å². The summed E-state index contributed by atoms with van der Waals surface area (Å²) in [5.41, 5.74) is 1.05. The Bertz CT molecular complexity index is 478. The van der Waals surface area contributed by atoms with Gasteiger partial charge in [0.05, 0.1) is 7.11 Å². The Morgan fingerprint density at radius 2 is 2.06 bits per heavy atom. The summed E-state index contributed by atoms with van der Waals surface area (Å²) in [6, 6.07) is 11.5. The van der Waals surface area contributed by atoms with Crippen molar-refractivity contribution in [2.24, 2.45) is 0 Å². The van der Waals surface area contributed by atoms with Gasteiger partial charge in [0.1, 0.15) is 17.9 Å². The zero-order valence-electron chi connectivity index (χ0n) is 8.70. The molecule has 0 aliphatic heterocycles. The molecule has 1 rings (SSSR count). The van der Waals surface area contributed by atoms with E-state index in [9.17, 15) is 0 Å². The van der Waals surface area contributed by atoms with Crippen molar-refractivity contribution in [2.75, 3.05) is 7.11 Å². The molecule has 0 aliphatic rings. The fraction of sp³-hybridized carbons (Fsp3) is 0.167. The minimum Gasteiger partial charge on any atom is -0.499 e. The summed E-state index contributed by atoms with van der Waals surface area (Å²) in [7, 11) is 1.47. The lowest BCUT2D eigenvalue weighted by molar-refractivity contribution is 0.281. The number of hydrogen-bond acceptors (Lipinski definition) is 3. The van der Waals surface area contributed by atoms with Gasteiger partial charge in [-0.3, -0.25) is 0 Å². The zero-order chi connectivity index (χ0) is 12.0. The molecule has 4 heteroatoms. The Kier molecular flexibility index (Phi) is 4.81. The van der Waals surface area contributed by atoms with E-state index >= 15 is 0 Å². The first-order chi connectivity index (χ1) is 7.71. The third-order valence-corrected chi connectivity index (χ3v) is 2.67. The molecule has 0 atom stereocenters. The van der Waals surface area contributed by atoms with E-state index in [4.69, 9.17) is 15.3 Å². The Balaban J connectivity index is 3.01. The minimum atomic E-state index is 0.0290. The van der Waals surface area contributed by atoms with Crippen molar-refractivity contribution < 1.29 is 4.74 Å². The molecule has 0 unspecified atom stereocenters. The van der Waals surface area contributed by atoms with E-state index in [1.54, 1.807) is 0 Å². The monoisotopic (exact) mass is 324 g/mol. The lowest BCUT2D eigenvalue weighted by Gasteiger charge is -2.06. The van der Waals surface area contributed by atoms with Crippen molar-refractivity contribution >= 4 is 22.6 Å². The Labute approximate surface area is 108 Å². The van der Waals surface area contributed by atoms with Gasteiger partial charge in [0.15, 0.2) is 5.57 Å². The topological polar surface area (TPSA) is 56.8 Å². The molecule has 1 aromatic rings. The largest absolute Gasteiger partial charge is 0.499 e. The van der Waals surface area contributed by atoms with Crippen LogP contribution in [-0.2, 0) is 11.2 Å². The summed E-state index contributed by atoms with van der Waals surface area (Å²) < 4.78 is 6.18. The lowest BCUT2D eigenvalue weighted by Crippen LogP contribution is -1.97. The predicted molar refractivity (Wildman–Crippen MR) is 68.1 cm³/mol. The van der Waals surface area contributed by atoms with Crippen LogP contribution in [0.4, 0.5) is 0 Å². The van der Waals surface area contributed by atoms with Crippen LogP contribution < -0.4 is 0 Å². The molecule has 0 bridgehead atoms. The van der Waals surface area contributed by atoms with Crippen molar-refractivity contribution in [3.8, 4) is 12.1 Å². The van der Waals surface area contributed by atoms with Crippen molar-refractivity contribution in [1.82, 2.24) is 0 Å². The fourth-order valence-corrected chi connectivity index (χ4v) is 1.85. The number of methoxy groups -OCH3 is 1. The molecule has 0 amide bonds. The SMILES string of the molecule is COC(Cc1cccc(I)c1)=C(C#N)C#N. The van der Waals surface area contributed by atoms with Gasteiger partial charge >= 0.3 is 0 Å². The molecule has 1 aromatic carbocycles. The molecule has 3 nitrogen and oxygen atoms in total. The molecular weight excluding hydrogens is 315 g/mol. The van der Waals surface area contributed by atoms with Crippen LogP contribution in [0.2, 0.25) is 0 Å². The molecule has 80 valence electrons. The second kappa shape index (κ2) is 6.14. The first-order valence-corrected chi connectivity index (χ1v) is 5.61. The van der Waals surface area contributed by atoms with Crippen molar-refractivity contribution in [1.29, 1.82) is 10.5 Å². The number of ether oxygens (including phenoxy) is 1. The summed E-state index contributed by atoms with van der Waals surface area (Å²) in [5.74, 6) is 0.409. The number of halogens is 1. The molecule has 0 N–H and O–H groups in total. The molecule has 0 aromatic heterocycles. The number of nitrogens with zero attached hydrogens (tertiary/aromatic N) is 2. The normalized spacial score (nSPS) is 8.75. The second-order valence-corrected chi connectivity index (χ2v) is 4.28. The van der Waals surface area contributed by atoms with E-state index in [2.05, 4.69) is 22.6 Å².